The highest BCUT2D eigenvalue weighted by Gasteiger charge is 2.21. The van der Waals surface area contributed by atoms with Crippen LogP contribution >= 0.6 is 11.8 Å². The molecule has 3 N–H and O–H groups in total. The molecule has 1 aliphatic rings. The summed E-state index contributed by atoms with van der Waals surface area (Å²) in [6.07, 6.45) is 7.35. The summed E-state index contributed by atoms with van der Waals surface area (Å²) in [5.74, 6) is 0.849. The van der Waals surface area contributed by atoms with Crippen molar-refractivity contribution in [1.29, 1.82) is 0 Å². The van der Waals surface area contributed by atoms with E-state index in [1.165, 1.54) is 25.7 Å². The van der Waals surface area contributed by atoms with Gasteiger partial charge in [0.1, 0.15) is 5.75 Å². The average molecular weight is 280 g/mol. The minimum absolute atomic E-state index is 0.558. The fraction of sp³-hybridized carbons (Fsp3) is 0.600. The molecular weight excluding hydrogens is 256 g/mol. The highest BCUT2D eigenvalue weighted by Crippen LogP contribution is 2.30. The molecule has 4 heteroatoms. The van der Waals surface area contributed by atoms with Crippen LogP contribution in [0.15, 0.2) is 18.2 Å². The van der Waals surface area contributed by atoms with E-state index < -0.39 is 0 Å². The standard InChI is InChI=1S/C15H24N2OS/c1-3-18-14-8-11(16)7-13(9-14)17-12-5-4-6-15(10-12)19-2/h7-9,12,15,17H,3-6,10,16H2,1-2H3. The molecule has 0 aromatic heterocycles. The Balaban J connectivity index is 2.01. The van der Waals surface area contributed by atoms with Crippen LogP contribution in [0.2, 0.25) is 0 Å². The molecule has 0 saturated heterocycles. The van der Waals surface area contributed by atoms with Crippen molar-refractivity contribution in [2.45, 2.75) is 43.9 Å². The predicted molar refractivity (Wildman–Crippen MR) is 85.2 cm³/mol. The number of thioether (sulfide) groups is 1. The lowest BCUT2D eigenvalue weighted by molar-refractivity contribution is 0.340. The molecule has 2 atom stereocenters. The summed E-state index contributed by atoms with van der Waals surface area (Å²) in [7, 11) is 0. The normalized spacial score (nSPS) is 23.1. The van der Waals surface area contributed by atoms with Gasteiger partial charge >= 0.3 is 0 Å². The second-order valence-electron chi connectivity index (χ2n) is 5.09. The summed E-state index contributed by atoms with van der Waals surface area (Å²) in [5.41, 5.74) is 7.76. The van der Waals surface area contributed by atoms with Gasteiger partial charge in [-0.15, -0.1) is 0 Å². The van der Waals surface area contributed by atoms with Crippen LogP contribution in [0.25, 0.3) is 0 Å². The Morgan fingerprint density at radius 1 is 1.37 bits per heavy atom. The van der Waals surface area contributed by atoms with E-state index in [4.69, 9.17) is 10.5 Å². The van der Waals surface area contributed by atoms with Gasteiger partial charge in [0.05, 0.1) is 6.61 Å². The lowest BCUT2D eigenvalue weighted by Gasteiger charge is -2.29. The zero-order chi connectivity index (χ0) is 13.7. The van der Waals surface area contributed by atoms with E-state index in [9.17, 15) is 0 Å². The summed E-state index contributed by atoms with van der Waals surface area (Å²) in [6.45, 7) is 2.65. The van der Waals surface area contributed by atoms with Gasteiger partial charge in [-0.25, -0.2) is 0 Å². The molecule has 106 valence electrons. The molecule has 1 fully saturated rings. The highest BCUT2D eigenvalue weighted by atomic mass is 32.2. The Hall–Kier alpha value is -1.03. The monoisotopic (exact) mass is 280 g/mol. The maximum absolute atomic E-state index is 5.92. The Kier molecular flexibility index (Phi) is 5.25. The zero-order valence-electron chi connectivity index (χ0n) is 11.8. The molecule has 1 saturated carbocycles. The van der Waals surface area contributed by atoms with Crippen LogP contribution in [0.4, 0.5) is 11.4 Å². The molecule has 19 heavy (non-hydrogen) atoms. The summed E-state index contributed by atoms with van der Waals surface area (Å²) in [5, 5.41) is 4.40. The number of hydrogen-bond donors (Lipinski definition) is 2. The first-order valence-corrected chi connectivity index (χ1v) is 8.32. The van der Waals surface area contributed by atoms with Crippen molar-refractivity contribution in [3.05, 3.63) is 18.2 Å². The molecule has 0 spiro atoms. The number of nitrogens with two attached hydrogens (primary N) is 1. The van der Waals surface area contributed by atoms with Gasteiger partial charge in [-0.1, -0.05) is 6.42 Å². The van der Waals surface area contributed by atoms with Crippen LogP contribution in [0.1, 0.15) is 32.6 Å². The van der Waals surface area contributed by atoms with Crippen molar-refractivity contribution < 1.29 is 4.74 Å². The molecule has 1 aliphatic carbocycles. The van der Waals surface area contributed by atoms with E-state index in [0.717, 1.165) is 22.4 Å². The molecule has 1 aromatic rings. The number of nitrogen functional groups attached to an aromatic ring is 1. The van der Waals surface area contributed by atoms with Crippen molar-refractivity contribution in [2.24, 2.45) is 0 Å². The first-order valence-electron chi connectivity index (χ1n) is 7.04. The zero-order valence-corrected chi connectivity index (χ0v) is 12.6. The van der Waals surface area contributed by atoms with Gasteiger partial charge in [0.25, 0.3) is 0 Å². The molecule has 1 aromatic carbocycles. The molecule has 0 heterocycles. The number of anilines is 2. The molecule has 0 radical (unpaired) electrons. The van der Waals surface area contributed by atoms with E-state index >= 15 is 0 Å². The molecule has 2 unspecified atom stereocenters. The topological polar surface area (TPSA) is 47.3 Å². The number of hydrogen-bond acceptors (Lipinski definition) is 4. The van der Waals surface area contributed by atoms with E-state index in [0.29, 0.717) is 12.6 Å². The third-order valence-corrected chi connectivity index (χ3v) is 4.66. The highest BCUT2D eigenvalue weighted by molar-refractivity contribution is 7.99. The van der Waals surface area contributed by atoms with Gasteiger partial charge < -0.3 is 15.8 Å². The second kappa shape index (κ2) is 6.94. The maximum atomic E-state index is 5.92. The maximum Gasteiger partial charge on any atom is 0.123 e. The van der Waals surface area contributed by atoms with E-state index in [1.54, 1.807) is 0 Å². The quantitative estimate of drug-likeness (QED) is 0.806. The van der Waals surface area contributed by atoms with Crippen LogP contribution in [0.3, 0.4) is 0 Å². The van der Waals surface area contributed by atoms with Gasteiger partial charge in [-0.05, 0) is 38.5 Å². The third-order valence-electron chi connectivity index (χ3n) is 3.57. The van der Waals surface area contributed by atoms with Crippen LogP contribution in [0.5, 0.6) is 5.75 Å². The van der Waals surface area contributed by atoms with Gasteiger partial charge in [-0.3, -0.25) is 0 Å². The number of ether oxygens (including phenoxy) is 1. The number of benzene rings is 1. The van der Waals surface area contributed by atoms with E-state index in [-0.39, 0.29) is 0 Å². The Morgan fingerprint density at radius 2 is 2.21 bits per heavy atom. The Bertz CT molecular complexity index is 411. The van der Waals surface area contributed by atoms with Crippen LogP contribution in [-0.4, -0.2) is 24.2 Å². The van der Waals surface area contributed by atoms with E-state index in [2.05, 4.69) is 11.6 Å². The van der Waals surface area contributed by atoms with Gasteiger partial charge in [-0.2, -0.15) is 11.8 Å². The molecule has 2 rings (SSSR count). The number of rotatable bonds is 5. The minimum Gasteiger partial charge on any atom is -0.494 e. The molecular formula is C15H24N2OS. The SMILES string of the molecule is CCOc1cc(N)cc(NC2CCCC(SC)C2)c1. The van der Waals surface area contributed by atoms with Crippen molar-refractivity contribution >= 4 is 23.1 Å². The molecule has 0 bridgehead atoms. The minimum atomic E-state index is 0.558. The van der Waals surface area contributed by atoms with Crippen molar-refractivity contribution in [1.82, 2.24) is 0 Å². The molecule has 0 aliphatic heterocycles. The summed E-state index contributed by atoms with van der Waals surface area (Å²) in [6, 6.07) is 6.47. The average Bonchev–Trinajstić information content (AvgIpc) is 2.38. The smallest absolute Gasteiger partial charge is 0.123 e. The third kappa shape index (κ3) is 4.23. The van der Waals surface area contributed by atoms with E-state index in [1.807, 2.05) is 36.9 Å². The Labute approximate surface area is 120 Å². The van der Waals surface area contributed by atoms with Crippen molar-refractivity contribution in [2.75, 3.05) is 23.9 Å². The fourth-order valence-corrected chi connectivity index (χ4v) is 3.51. The van der Waals surface area contributed by atoms with Gasteiger partial charge in [0, 0.05) is 34.8 Å². The second-order valence-corrected chi connectivity index (χ2v) is 6.23. The van der Waals surface area contributed by atoms with Crippen molar-refractivity contribution in [3.63, 3.8) is 0 Å². The van der Waals surface area contributed by atoms with Gasteiger partial charge in [0.15, 0.2) is 0 Å². The Morgan fingerprint density at radius 3 is 2.95 bits per heavy atom. The number of nitrogens with one attached hydrogen (secondary N) is 1. The molecule has 3 nitrogen and oxygen atoms in total. The van der Waals surface area contributed by atoms with Crippen LogP contribution < -0.4 is 15.8 Å². The first kappa shape index (κ1) is 14.4. The predicted octanol–water partition coefficient (Wildman–Crippen LogP) is 3.75. The lowest BCUT2D eigenvalue weighted by atomic mass is 9.94. The van der Waals surface area contributed by atoms with Crippen molar-refractivity contribution in [3.8, 4) is 5.75 Å². The molecule has 0 amide bonds. The largest absolute Gasteiger partial charge is 0.494 e. The summed E-state index contributed by atoms with van der Waals surface area (Å²) in [4.78, 5) is 0. The summed E-state index contributed by atoms with van der Waals surface area (Å²) >= 11 is 1.99. The first-order chi connectivity index (χ1) is 9.21. The summed E-state index contributed by atoms with van der Waals surface area (Å²) < 4.78 is 5.53. The fourth-order valence-electron chi connectivity index (χ4n) is 2.68. The van der Waals surface area contributed by atoms with Crippen LogP contribution in [-0.2, 0) is 0 Å². The van der Waals surface area contributed by atoms with Crippen LogP contribution in [0, 0.1) is 0 Å². The van der Waals surface area contributed by atoms with Gasteiger partial charge in [0.2, 0.25) is 0 Å². The lowest BCUT2D eigenvalue weighted by Crippen LogP contribution is -2.28.